The highest BCUT2D eigenvalue weighted by molar-refractivity contribution is 7.99. The van der Waals surface area contributed by atoms with Gasteiger partial charge in [0, 0.05) is 6.20 Å². The molecule has 0 aliphatic carbocycles. The summed E-state index contributed by atoms with van der Waals surface area (Å²) in [7, 11) is 0. The van der Waals surface area contributed by atoms with Crippen molar-refractivity contribution in [2.24, 2.45) is 0 Å². The molecular formula is C12H10N2S2. The monoisotopic (exact) mass is 246 g/mol. The molecule has 0 saturated heterocycles. The van der Waals surface area contributed by atoms with Gasteiger partial charge in [0.2, 0.25) is 0 Å². The molecule has 16 heavy (non-hydrogen) atoms. The number of nitrogens with zero attached hydrogens (tertiary/aromatic N) is 1. The molecule has 80 valence electrons. The zero-order valence-electron chi connectivity index (χ0n) is 8.51. The minimum Gasteiger partial charge on any atom is -0.255 e. The first-order valence-corrected chi connectivity index (χ1v) is 6.38. The maximum absolute atomic E-state index is 5.16. The lowest BCUT2D eigenvalue weighted by Crippen LogP contribution is -2.00. The molecule has 0 amide bonds. The lowest BCUT2D eigenvalue weighted by atomic mass is 10.3. The van der Waals surface area contributed by atoms with Crippen molar-refractivity contribution in [2.45, 2.75) is 4.21 Å². The fraction of sp³-hybridized carbons (Fsp3) is 0.0833. The van der Waals surface area contributed by atoms with Crippen LogP contribution in [0.5, 0.6) is 0 Å². The van der Waals surface area contributed by atoms with E-state index in [1.165, 1.54) is 9.09 Å². The van der Waals surface area contributed by atoms with Crippen molar-refractivity contribution >= 4 is 23.3 Å². The van der Waals surface area contributed by atoms with Crippen LogP contribution < -0.4 is 4.72 Å². The maximum Gasteiger partial charge on any atom is 0.0802 e. The van der Waals surface area contributed by atoms with Gasteiger partial charge in [0.25, 0.3) is 0 Å². The van der Waals surface area contributed by atoms with E-state index in [1.54, 1.807) is 29.5 Å². The molecule has 0 atom stereocenters. The molecule has 0 fully saturated rings. The molecule has 4 heteroatoms. The van der Waals surface area contributed by atoms with Crippen LogP contribution in [0.1, 0.15) is 0 Å². The van der Waals surface area contributed by atoms with E-state index in [4.69, 9.17) is 6.42 Å². The van der Waals surface area contributed by atoms with Gasteiger partial charge >= 0.3 is 0 Å². The molecule has 0 saturated carbocycles. The summed E-state index contributed by atoms with van der Waals surface area (Å²) in [5.41, 5.74) is 1.01. The Kier molecular flexibility index (Phi) is 4.00. The van der Waals surface area contributed by atoms with Crippen molar-refractivity contribution in [1.82, 2.24) is 9.71 Å². The number of thiophene rings is 1. The number of terminal acetylenes is 1. The Morgan fingerprint density at radius 3 is 3.06 bits per heavy atom. The highest BCUT2D eigenvalue weighted by atomic mass is 32.2. The van der Waals surface area contributed by atoms with E-state index in [2.05, 4.69) is 27.8 Å². The maximum atomic E-state index is 5.16. The van der Waals surface area contributed by atoms with Crippen LogP contribution in [-0.4, -0.2) is 11.5 Å². The van der Waals surface area contributed by atoms with Crippen LogP contribution in [-0.2, 0) is 0 Å². The van der Waals surface area contributed by atoms with Crippen LogP contribution in [0, 0.1) is 12.3 Å². The summed E-state index contributed by atoms with van der Waals surface area (Å²) in [5, 5.41) is 0. The quantitative estimate of drug-likeness (QED) is 0.510. The largest absolute Gasteiger partial charge is 0.255 e. The van der Waals surface area contributed by atoms with Gasteiger partial charge in [0.05, 0.1) is 21.3 Å². The van der Waals surface area contributed by atoms with E-state index in [-0.39, 0.29) is 0 Å². The molecule has 2 aromatic rings. The number of hydrogen-bond donors (Lipinski definition) is 1. The van der Waals surface area contributed by atoms with E-state index in [1.807, 2.05) is 18.2 Å². The van der Waals surface area contributed by atoms with Crippen molar-refractivity contribution in [3.8, 4) is 22.9 Å². The molecule has 1 N–H and O–H groups in total. The minimum absolute atomic E-state index is 0.571. The second-order valence-corrected chi connectivity index (χ2v) is 5.24. The summed E-state index contributed by atoms with van der Waals surface area (Å²) in [6.45, 7) is 0.571. The summed E-state index contributed by atoms with van der Waals surface area (Å²) in [5.74, 6) is 2.54. The molecule has 0 bridgehead atoms. The van der Waals surface area contributed by atoms with Crippen LogP contribution in [0.25, 0.3) is 10.6 Å². The van der Waals surface area contributed by atoms with Crippen molar-refractivity contribution < 1.29 is 0 Å². The van der Waals surface area contributed by atoms with Gasteiger partial charge in [0.15, 0.2) is 0 Å². The third kappa shape index (κ3) is 2.86. The van der Waals surface area contributed by atoms with Gasteiger partial charge in [-0.05, 0) is 36.2 Å². The minimum atomic E-state index is 0.571. The second-order valence-electron chi connectivity index (χ2n) is 2.96. The van der Waals surface area contributed by atoms with Crippen molar-refractivity contribution in [2.75, 3.05) is 6.54 Å². The average molecular weight is 246 g/mol. The lowest BCUT2D eigenvalue weighted by molar-refractivity contribution is 1.16. The number of nitrogens with one attached hydrogen (secondary N) is 1. The highest BCUT2D eigenvalue weighted by Gasteiger charge is 2.03. The Morgan fingerprint density at radius 1 is 1.38 bits per heavy atom. The van der Waals surface area contributed by atoms with E-state index in [0.717, 1.165) is 5.69 Å². The summed E-state index contributed by atoms with van der Waals surface area (Å²) < 4.78 is 4.28. The zero-order chi connectivity index (χ0) is 11.2. The number of aromatic nitrogens is 1. The first-order valence-electron chi connectivity index (χ1n) is 4.74. The number of hydrogen-bond acceptors (Lipinski definition) is 4. The summed E-state index contributed by atoms with van der Waals surface area (Å²) >= 11 is 3.26. The first kappa shape index (κ1) is 11.2. The first-order chi connectivity index (χ1) is 7.90. The topological polar surface area (TPSA) is 24.9 Å². The molecule has 0 aliphatic heterocycles. The van der Waals surface area contributed by atoms with Gasteiger partial charge in [-0.2, -0.15) is 0 Å². The molecular weight excluding hydrogens is 236 g/mol. The predicted octanol–water partition coefficient (Wildman–Crippen LogP) is 3.04. The number of rotatable bonds is 4. The molecule has 0 aromatic carbocycles. The third-order valence-corrected chi connectivity index (χ3v) is 3.87. The Balaban J connectivity index is 2.06. The highest BCUT2D eigenvalue weighted by Crippen LogP contribution is 2.31. The van der Waals surface area contributed by atoms with Crippen LogP contribution in [0.2, 0.25) is 0 Å². The lowest BCUT2D eigenvalue weighted by Gasteiger charge is -1.95. The van der Waals surface area contributed by atoms with Crippen LogP contribution in [0.3, 0.4) is 0 Å². The van der Waals surface area contributed by atoms with Crippen molar-refractivity contribution in [3.63, 3.8) is 0 Å². The summed E-state index contributed by atoms with van der Waals surface area (Å²) in [6, 6.07) is 10.1. The molecule has 0 aliphatic rings. The zero-order valence-corrected chi connectivity index (χ0v) is 10.1. The van der Waals surface area contributed by atoms with Gasteiger partial charge in [-0.1, -0.05) is 12.0 Å². The summed E-state index contributed by atoms with van der Waals surface area (Å²) in [6.07, 6.45) is 6.96. The smallest absolute Gasteiger partial charge is 0.0802 e. The van der Waals surface area contributed by atoms with E-state index < -0.39 is 0 Å². The Hall–Kier alpha value is -1.28. The molecule has 2 rings (SSSR count). The number of pyridine rings is 1. The van der Waals surface area contributed by atoms with Gasteiger partial charge in [-0.15, -0.1) is 17.8 Å². The SMILES string of the molecule is C#CCNSc1ccc(-c2ccccn2)s1. The molecule has 0 unspecified atom stereocenters. The van der Waals surface area contributed by atoms with Gasteiger partial charge in [-0.25, -0.2) is 4.72 Å². The Morgan fingerprint density at radius 2 is 2.31 bits per heavy atom. The van der Waals surface area contributed by atoms with E-state index >= 15 is 0 Å². The van der Waals surface area contributed by atoms with E-state index in [9.17, 15) is 0 Å². The fourth-order valence-electron chi connectivity index (χ4n) is 1.17. The predicted molar refractivity (Wildman–Crippen MR) is 70.2 cm³/mol. The normalized spacial score (nSPS) is 9.94. The molecule has 0 radical (unpaired) electrons. The molecule has 2 nitrogen and oxygen atoms in total. The van der Waals surface area contributed by atoms with Crippen molar-refractivity contribution in [1.29, 1.82) is 0 Å². The average Bonchev–Trinajstić information content (AvgIpc) is 2.79. The van der Waals surface area contributed by atoms with Crippen LogP contribution in [0.4, 0.5) is 0 Å². The van der Waals surface area contributed by atoms with Gasteiger partial charge in [-0.3, -0.25) is 4.98 Å². The summed E-state index contributed by atoms with van der Waals surface area (Å²) in [4.78, 5) is 5.48. The fourth-order valence-corrected chi connectivity index (χ4v) is 2.93. The van der Waals surface area contributed by atoms with Crippen LogP contribution in [0.15, 0.2) is 40.7 Å². The Bertz CT molecular complexity index is 485. The Labute approximate surface area is 103 Å². The standard InChI is InChI=1S/C12H10N2S2/c1-2-8-14-16-12-7-6-11(15-12)10-5-3-4-9-13-10/h1,3-7,9,14H,8H2. The third-order valence-electron chi connectivity index (χ3n) is 1.85. The molecule has 2 aromatic heterocycles. The van der Waals surface area contributed by atoms with Crippen molar-refractivity contribution in [3.05, 3.63) is 36.5 Å². The molecule has 0 spiro atoms. The molecule has 2 heterocycles. The van der Waals surface area contributed by atoms with Gasteiger partial charge < -0.3 is 0 Å². The van der Waals surface area contributed by atoms with Crippen LogP contribution >= 0.6 is 23.3 Å². The van der Waals surface area contributed by atoms with E-state index in [0.29, 0.717) is 6.54 Å². The second kappa shape index (κ2) is 5.71. The van der Waals surface area contributed by atoms with Gasteiger partial charge in [0.1, 0.15) is 0 Å².